The van der Waals surface area contributed by atoms with Crippen molar-refractivity contribution >= 4 is 29.1 Å². The topological polar surface area (TPSA) is 65.2 Å². The van der Waals surface area contributed by atoms with Crippen LogP contribution in [-0.2, 0) is 9.53 Å². The van der Waals surface area contributed by atoms with Gasteiger partial charge in [-0.25, -0.2) is 4.98 Å². The highest BCUT2D eigenvalue weighted by Gasteiger charge is 2.29. The van der Waals surface area contributed by atoms with Crippen LogP contribution in [-0.4, -0.2) is 29.4 Å². The van der Waals surface area contributed by atoms with Crippen molar-refractivity contribution in [2.75, 3.05) is 12.9 Å². The molecule has 0 spiro atoms. The zero-order valence-corrected chi connectivity index (χ0v) is 9.65. The third-order valence-corrected chi connectivity index (χ3v) is 3.86. The lowest BCUT2D eigenvalue weighted by Crippen LogP contribution is -2.48. The molecule has 0 aliphatic rings. The van der Waals surface area contributed by atoms with Crippen LogP contribution in [0.1, 0.15) is 6.92 Å². The Balaban J connectivity index is 2.48. The molecule has 1 heterocycles. The minimum Gasteiger partial charge on any atom is -0.468 e. The number of carbonyl (C=O) groups is 1. The van der Waals surface area contributed by atoms with E-state index >= 15 is 0 Å². The van der Waals surface area contributed by atoms with Gasteiger partial charge < -0.3 is 10.5 Å². The summed E-state index contributed by atoms with van der Waals surface area (Å²) in [7, 11) is 1.33. The molecule has 1 aromatic rings. The van der Waals surface area contributed by atoms with Crippen molar-refractivity contribution < 1.29 is 9.53 Å². The molecule has 0 bridgehead atoms. The molecule has 0 fully saturated rings. The van der Waals surface area contributed by atoms with E-state index < -0.39 is 11.5 Å². The normalized spacial score (nSPS) is 14.8. The second-order valence-electron chi connectivity index (χ2n) is 3.00. The summed E-state index contributed by atoms with van der Waals surface area (Å²) >= 11 is 2.99. The Morgan fingerprint density at radius 3 is 3.07 bits per heavy atom. The van der Waals surface area contributed by atoms with Gasteiger partial charge in [0.2, 0.25) is 0 Å². The van der Waals surface area contributed by atoms with Crippen molar-refractivity contribution in [2.24, 2.45) is 5.73 Å². The van der Waals surface area contributed by atoms with Crippen LogP contribution in [0.3, 0.4) is 0 Å². The predicted molar refractivity (Wildman–Crippen MR) is 57.4 cm³/mol. The molecule has 14 heavy (non-hydrogen) atoms. The number of rotatable bonds is 4. The summed E-state index contributed by atoms with van der Waals surface area (Å²) in [4.78, 5) is 15.3. The van der Waals surface area contributed by atoms with Gasteiger partial charge in [-0.15, -0.1) is 11.3 Å². The molecule has 0 saturated heterocycles. The summed E-state index contributed by atoms with van der Waals surface area (Å²) in [6.45, 7) is 1.65. The maximum atomic E-state index is 11.2. The Morgan fingerprint density at radius 1 is 1.86 bits per heavy atom. The van der Waals surface area contributed by atoms with Crippen molar-refractivity contribution in [3.05, 3.63) is 11.6 Å². The second kappa shape index (κ2) is 4.77. The van der Waals surface area contributed by atoms with Gasteiger partial charge in [-0.3, -0.25) is 4.79 Å². The largest absolute Gasteiger partial charge is 0.468 e. The van der Waals surface area contributed by atoms with E-state index in [1.54, 1.807) is 13.1 Å². The second-order valence-corrected chi connectivity index (χ2v) is 5.11. The van der Waals surface area contributed by atoms with Crippen molar-refractivity contribution in [2.45, 2.75) is 16.8 Å². The quantitative estimate of drug-likeness (QED) is 0.622. The van der Waals surface area contributed by atoms with Gasteiger partial charge in [-0.2, -0.15) is 0 Å². The molecule has 0 saturated carbocycles. The summed E-state index contributed by atoms with van der Waals surface area (Å²) in [5.41, 5.74) is 4.82. The van der Waals surface area contributed by atoms with Crippen LogP contribution >= 0.6 is 23.1 Å². The Labute approximate surface area is 90.9 Å². The summed E-state index contributed by atoms with van der Waals surface area (Å²) in [5.74, 6) is 0.0641. The third kappa shape index (κ3) is 2.97. The average Bonchev–Trinajstić information content (AvgIpc) is 2.66. The van der Waals surface area contributed by atoms with Crippen LogP contribution in [0.2, 0.25) is 0 Å². The van der Waals surface area contributed by atoms with Crippen LogP contribution in [0.25, 0.3) is 0 Å². The maximum absolute atomic E-state index is 11.2. The fourth-order valence-corrected chi connectivity index (χ4v) is 2.44. The standard InChI is InChI=1S/C8H12N2O2S2/c1-8(9,6(11)12-2)5-14-7-10-3-4-13-7/h3-4H,5,9H2,1-2H3. The number of hydrogen-bond acceptors (Lipinski definition) is 6. The molecule has 78 valence electrons. The smallest absolute Gasteiger partial charge is 0.326 e. The number of nitrogens with two attached hydrogens (primary N) is 1. The van der Waals surface area contributed by atoms with Gasteiger partial charge in [0.15, 0.2) is 0 Å². The highest BCUT2D eigenvalue weighted by Crippen LogP contribution is 2.23. The van der Waals surface area contributed by atoms with Crippen molar-refractivity contribution in [3.63, 3.8) is 0 Å². The molecule has 0 aromatic carbocycles. The third-order valence-electron chi connectivity index (χ3n) is 1.56. The van der Waals surface area contributed by atoms with Crippen LogP contribution < -0.4 is 5.73 Å². The minimum absolute atomic E-state index is 0.401. The van der Waals surface area contributed by atoms with E-state index in [1.807, 2.05) is 5.38 Å². The predicted octanol–water partition coefficient (Wildman–Crippen LogP) is 1.13. The van der Waals surface area contributed by atoms with Crippen molar-refractivity contribution in [1.82, 2.24) is 4.98 Å². The number of nitrogens with zero attached hydrogens (tertiary/aromatic N) is 1. The zero-order valence-electron chi connectivity index (χ0n) is 8.02. The van der Waals surface area contributed by atoms with E-state index in [-0.39, 0.29) is 0 Å². The van der Waals surface area contributed by atoms with Crippen LogP contribution in [0.15, 0.2) is 15.9 Å². The van der Waals surface area contributed by atoms with Crippen LogP contribution in [0.5, 0.6) is 0 Å². The lowest BCUT2D eigenvalue weighted by molar-refractivity contribution is -0.145. The van der Waals surface area contributed by atoms with E-state index in [2.05, 4.69) is 9.72 Å². The maximum Gasteiger partial charge on any atom is 0.326 e. The number of thioether (sulfide) groups is 1. The number of hydrogen-bond donors (Lipinski definition) is 1. The number of aromatic nitrogens is 1. The monoisotopic (exact) mass is 232 g/mol. The molecule has 0 aliphatic carbocycles. The highest BCUT2D eigenvalue weighted by molar-refractivity contribution is 8.01. The summed E-state index contributed by atoms with van der Waals surface area (Å²) in [6.07, 6.45) is 1.72. The lowest BCUT2D eigenvalue weighted by Gasteiger charge is -2.19. The van der Waals surface area contributed by atoms with E-state index in [0.717, 1.165) is 4.34 Å². The number of carbonyl (C=O) groups excluding carboxylic acids is 1. The summed E-state index contributed by atoms with van der Waals surface area (Å²) in [5, 5.41) is 1.88. The molecule has 0 radical (unpaired) electrons. The Hall–Kier alpha value is -0.590. The van der Waals surface area contributed by atoms with Crippen molar-refractivity contribution in [3.8, 4) is 0 Å². The van der Waals surface area contributed by atoms with Crippen molar-refractivity contribution in [1.29, 1.82) is 0 Å². The zero-order chi connectivity index (χ0) is 10.6. The molecule has 1 unspecified atom stereocenters. The van der Waals surface area contributed by atoms with Gasteiger partial charge in [0.25, 0.3) is 0 Å². The van der Waals surface area contributed by atoms with Gasteiger partial charge in [0.05, 0.1) is 7.11 Å². The van der Waals surface area contributed by atoms with Gasteiger partial charge in [0, 0.05) is 17.3 Å². The fraction of sp³-hybridized carbons (Fsp3) is 0.500. The Bertz CT molecular complexity index is 298. The number of ether oxygens (including phenoxy) is 1. The van der Waals surface area contributed by atoms with E-state index in [4.69, 9.17) is 5.73 Å². The molecule has 1 atom stereocenters. The molecular formula is C8H12N2O2S2. The first kappa shape index (κ1) is 11.5. The SMILES string of the molecule is COC(=O)C(C)(N)CSc1nccs1. The molecule has 0 aliphatic heterocycles. The van der Waals surface area contributed by atoms with Gasteiger partial charge >= 0.3 is 5.97 Å². The van der Waals surface area contributed by atoms with Crippen LogP contribution in [0, 0.1) is 0 Å². The lowest BCUT2D eigenvalue weighted by atomic mass is 10.1. The molecule has 4 nitrogen and oxygen atoms in total. The molecule has 6 heteroatoms. The molecular weight excluding hydrogens is 220 g/mol. The first-order chi connectivity index (χ1) is 6.56. The number of methoxy groups -OCH3 is 1. The summed E-state index contributed by atoms with van der Waals surface area (Å²) < 4.78 is 5.50. The van der Waals surface area contributed by atoms with E-state index in [9.17, 15) is 4.79 Å². The van der Waals surface area contributed by atoms with Gasteiger partial charge in [-0.05, 0) is 6.92 Å². The minimum atomic E-state index is -0.953. The molecule has 2 N–H and O–H groups in total. The molecule has 1 rings (SSSR count). The van der Waals surface area contributed by atoms with Crippen LogP contribution in [0.4, 0.5) is 0 Å². The number of esters is 1. The van der Waals surface area contributed by atoms with Gasteiger partial charge in [0.1, 0.15) is 9.88 Å². The van der Waals surface area contributed by atoms with E-state index in [1.165, 1.54) is 30.2 Å². The molecule has 0 amide bonds. The Kier molecular flexibility index (Phi) is 3.91. The summed E-state index contributed by atoms with van der Waals surface area (Å²) in [6, 6.07) is 0. The first-order valence-corrected chi connectivity index (χ1v) is 5.82. The van der Waals surface area contributed by atoms with E-state index in [0.29, 0.717) is 5.75 Å². The van der Waals surface area contributed by atoms with Gasteiger partial charge in [-0.1, -0.05) is 11.8 Å². The average molecular weight is 232 g/mol. The highest BCUT2D eigenvalue weighted by atomic mass is 32.2. The fourth-order valence-electron chi connectivity index (χ4n) is 0.785. The number of thiazole rings is 1. The first-order valence-electron chi connectivity index (χ1n) is 3.96. The Morgan fingerprint density at radius 2 is 2.57 bits per heavy atom. The molecule has 1 aromatic heterocycles.